The van der Waals surface area contributed by atoms with Gasteiger partial charge < -0.3 is 9.88 Å². The smallest absolute Gasteiger partial charge is 0.182 e. The van der Waals surface area contributed by atoms with Gasteiger partial charge in [-0.15, -0.1) is 10.2 Å². The molecule has 1 fully saturated rings. The van der Waals surface area contributed by atoms with Gasteiger partial charge >= 0.3 is 0 Å². The fraction of sp³-hybridized carbons (Fsp3) is 0.462. The summed E-state index contributed by atoms with van der Waals surface area (Å²) in [6.07, 6.45) is 5.30. The van der Waals surface area contributed by atoms with Gasteiger partial charge in [-0.1, -0.05) is 6.07 Å². The fourth-order valence-electron chi connectivity index (χ4n) is 3.01. The maximum atomic E-state index is 4.38. The lowest BCUT2D eigenvalue weighted by Gasteiger charge is -2.12. The van der Waals surface area contributed by atoms with Crippen LogP contribution in [0.3, 0.4) is 0 Å². The Morgan fingerprint density at radius 1 is 1.17 bits per heavy atom. The monoisotopic (exact) mass is 241 g/mol. The van der Waals surface area contributed by atoms with Crippen LogP contribution in [-0.2, 0) is 13.0 Å². The average molecular weight is 241 g/mol. The Morgan fingerprint density at radius 2 is 2.11 bits per heavy atom. The molecule has 0 aliphatic carbocycles. The lowest BCUT2D eigenvalue weighted by Crippen LogP contribution is -2.30. The second-order valence-corrected chi connectivity index (χ2v) is 5.11. The van der Waals surface area contributed by atoms with E-state index in [-0.39, 0.29) is 0 Å². The summed E-state index contributed by atoms with van der Waals surface area (Å²) < 4.78 is 2.24. The van der Waals surface area contributed by atoms with Gasteiger partial charge in [0.15, 0.2) is 5.82 Å². The summed E-state index contributed by atoms with van der Waals surface area (Å²) in [4.78, 5) is 4.38. The molecule has 0 radical (unpaired) electrons. The number of rotatable bonds is 1. The highest BCUT2D eigenvalue weighted by Gasteiger charge is 2.31. The Balaban J connectivity index is 1.79. The zero-order valence-electron chi connectivity index (χ0n) is 10.1. The summed E-state index contributed by atoms with van der Waals surface area (Å²) >= 11 is 0. The first-order valence-electron chi connectivity index (χ1n) is 6.50. The van der Waals surface area contributed by atoms with Gasteiger partial charge in [0.2, 0.25) is 0 Å². The Morgan fingerprint density at radius 3 is 3.00 bits per heavy atom. The van der Waals surface area contributed by atoms with Crippen molar-refractivity contribution in [3.63, 3.8) is 0 Å². The van der Waals surface area contributed by atoms with Crippen molar-refractivity contribution in [3.05, 3.63) is 30.2 Å². The highest BCUT2D eigenvalue weighted by molar-refractivity contribution is 5.49. The molecule has 5 nitrogen and oxygen atoms in total. The molecule has 1 saturated heterocycles. The molecule has 0 amide bonds. The van der Waals surface area contributed by atoms with Crippen molar-refractivity contribution in [1.29, 1.82) is 0 Å². The van der Waals surface area contributed by atoms with Crippen LogP contribution in [0.25, 0.3) is 11.5 Å². The SMILES string of the molecule is c1ccc(-c2nnc3n2CC2CCC(C3)N2)nc1. The molecule has 5 heteroatoms. The number of fused-ring (bicyclic) bond motifs is 3. The van der Waals surface area contributed by atoms with Crippen molar-refractivity contribution in [2.75, 3.05) is 0 Å². The normalized spacial score (nSPS) is 25.8. The van der Waals surface area contributed by atoms with Gasteiger partial charge in [0.25, 0.3) is 0 Å². The van der Waals surface area contributed by atoms with Gasteiger partial charge in [0, 0.05) is 31.2 Å². The van der Waals surface area contributed by atoms with Crippen molar-refractivity contribution in [2.24, 2.45) is 0 Å². The third kappa shape index (κ3) is 1.54. The standard InChI is InChI=1S/C13H15N5/c1-2-6-14-11(3-1)13-17-16-12-7-9-4-5-10(15-9)8-18(12)13/h1-3,6,9-10,15H,4-5,7-8H2. The Bertz CT molecular complexity index is 562. The van der Waals surface area contributed by atoms with E-state index in [0.29, 0.717) is 12.1 Å². The molecule has 2 aromatic rings. The van der Waals surface area contributed by atoms with Crippen LogP contribution in [0.1, 0.15) is 18.7 Å². The minimum absolute atomic E-state index is 0.565. The number of nitrogens with one attached hydrogen (secondary N) is 1. The highest BCUT2D eigenvalue weighted by Crippen LogP contribution is 2.25. The van der Waals surface area contributed by atoms with Gasteiger partial charge in [-0.3, -0.25) is 4.98 Å². The Hall–Kier alpha value is -1.75. The van der Waals surface area contributed by atoms with E-state index in [4.69, 9.17) is 0 Å². The maximum absolute atomic E-state index is 4.38. The first-order chi connectivity index (χ1) is 8.90. The number of pyridine rings is 1. The molecule has 0 saturated carbocycles. The predicted molar refractivity (Wildman–Crippen MR) is 66.9 cm³/mol. The van der Waals surface area contributed by atoms with E-state index in [2.05, 4.69) is 25.1 Å². The van der Waals surface area contributed by atoms with Gasteiger partial charge in [0.1, 0.15) is 11.5 Å². The zero-order chi connectivity index (χ0) is 11.9. The molecule has 0 aromatic carbocycles. The van der Waals surface area contributed by atoms with Crippen LogP contribution in [0.15, 0.2) is 24.4 Å². The van der Waals surface area contributed by atoms with Crippen LogP contribution < -0.4 is 5.32 Å². The molecular formula is C13H15N5. The van der Waals surface area contributed by atoms with Gasteiger partial charge in [-0.2, -0.15) is 0 Å². The number of hydrogen-bond acceptors (Lipinski definition) is 4. The molecule has 1 N–H and O–H groups in total. The Kier molecular flexibility index (Phi) is 2.20. The van der Waals surface area contributed by atoms with Crippen LogP contribution in [0.5, 0.6) is 0 Å². The van der Waals surface area contributed by atoms with Crippen molar-refractivity contribution < 1.29 is 0 Å². The molecule has 2 aliphatic heterocycles. The van der Waals surface area contributed by atoms with Crippen LogP contribution in [0, 0.1) is 0 Å². The second kappa shape index (κ2) is 3.88. The molecule has 2 unspecified atom stereocenters. The largest absolute Gasteiger partial charge is 0.309 e. The third-order valence-electron chi connectivity index (χ3n) is 3.89. The number of nitrogens with zero attached hydrogens (tertiary/aromatic N) is 4. The number of hydrogen-bond donors (Lipinski definition) is 1. The summed E-state index contributed by atoms with van der Waals surface area (Å²) in [5.41, 5.74) is 0.911. The van der Waals surface area contributed by atoms with E-state index in [0.717, 1.165) is 30.3 Å². The molecule has 2 bridgehead atoms. The molecule has 2 atom stereocenters. The van der Waals surface area contributed by atoms with Crippen molar-refractivity contribution in [3.8, 4) is 11.5 Å². The van der Waals surface area contributed by atoms with E-state index < -0.39 is 0 Å². The molecular weight excluding hydrogens is 226 g/mol. The quantitative estimate of drug-likeness (QED) is 0.809. The topological polar surface area (TPSA) is 55.6 Å². The minimum Gasteiger partial charge on any atom is -0.309 e. The average Bonchev–Trinajstić information content (AvgIpc) is 2.94. The van der Waals surface area contributed by atoms with Crippen molar-refractivity contribution in [2.45, 2.75) is 37.9 Å². The van der Waals surface area contributed by atoms with E-state index >= 15 is 0 Å². The minimum atomic E-state index is 0.565. The lowest BCUT2D eigenvalue weighted by molar-refractivity contribution is 0.509. The third-order valence-corrected chi connectivity index (χ3v) is 3.89. The molecule has 0 spiro atoms. The summed E-state index contributed by atoms with van der Waals surface area (Å²) in [5, 5.41) is 12.3. The summed E-state index contributed by atoms with van der Waals surface area (Å²) in [6, 6.07) is 7.05. The van der Waals surface area contributed by atoms with Crippen LogP contribution in [0.2, 0.25) is 0 Å². The summed E-state index contributed by atoms with van der Waals surface area (Å²) in [6.45, 7) is 0.963. The van der Waals surface area contributed by atoms with Crippen LogP contribution in [-0.4, -0.2) is 31.8 Å². The predicted octanol–water partition coefficient (Wildman–Crippen LogP) is 1.02. The summed E-state index contributed by atoms with van der Waals surface area (Å²) in [7, 11) is 0. The molecule has 4 heterocycles. The van der Waals surface area contributed by atoms with Crippen LogP contribution in [0.4, 0.5) is 0 Å². The zero-order valence-corrected chi connectivity index (χ0v) is 10.1. The summed E-state index contributed by atoms with van der Waals surface area (Å²) in [5.74, 6) is 2.00. The lowest BCUT2D eigenvalue weighted by atomic mass is 10.1. The second-order valence-electron chi connectivity index (χ2n) is 5.11. The van der Waals surface area contributed by atoms with E-state index in [1.54, 1.807) is 6.20 Å². The van der Waals surface area contributed by atoms with Gasteiger partial charge in [-0.25, -0.2) is 0 Å². The van der Waals surface area contributed by atoms with Crippen LogP contribution >= 0.6 is 0 Å². The van der Waals surface area contributed by atoms with Crippen molar-refractivity contribution >= 4 is 0 Å². The molecule has 92 valence electrons. The number of aromatic nitrogens is 4. The Labute approximate surface area is 105 Å². The molecule has 2 aliphatic rings. The first kappa shape index (κ1) is 10.2. The van der Waals surface area contributed by atoms with E-state index in [1.165, 1.54) is 12.8 Å². The fourth-order valence-corrected chi connectivity index (χ4v) is 3.01. The molecule has 2 aromatic heterocycles. The van der Waals surface area contributed by atoms with Crippen molar-refractivity contribution in [1.82, 2.24) is 25.1 Å². The van der Waals surface area contributed by atoms with E-state index in [9.17, 15) is 0 Å². The van der Waals surface area contributed by atoms with E-state index in [1.807, 2.05) is 18.2 Å². The molecule has 18 heavy (non-hydrogen) atoms. The first-order valence-corrected chi connectivity index (χ1v) is 6.50. The highest BCUT2D eigenvalue weighted by atomic mass is 15.3. The van der Waals surface area contributed by atoms with Gasteiger partial charge in [-0.05, 0) is 25.0 Å². The molecule has 4 rings (SSSR count). The maximum Gasteiger partial charge on any atom is 0.182 e. The van der Waals surface area contributed by atoms with Gasteiger partial charge in [0.05, 0.1) is 0 Å².